The molecule has 3 aromatic rings. The summed E-state index contributed by atoms with van der Waals surface area (Å²) in [5.41, 5.74) is 3.85. The standard InChI is InChI=1S/C19H18N2O3/c1-12-3-5-15-14(7-12)9-16(21(15)2)19(22)20-10-13-4-6-17-18(8-13)24-11-23-17/h3-9H,10-11H2,1-2H3,(H,20,22). The molecule has 0 fully saturated rings. The third-order valence-electron chi connectivity index (χ3n) is 4.32. The van der Waals surface area contributed by atoms with E-state index in [-0.39, 0.29) is 12.7 Å². The van der Waals surface area contributed by atoms with Gasteiger partial charge in [0.2, 0.25) is 6.79 Å². The Bertz CT molecular complexity index is 943. The number of aryl methyl sites for hydroxylation is 2. The van der Waals surface area contributed by atoms with Gasteiger partial charge < -0.3 is 19.4 Å². The summed E-state index contributed by atoms with van der Waals surface area (Å²) in [5, 5.41) is 4.04. The summed E-state index contributed by atoms with van der Waals surface area (Å²) in [6, 6.07) is 13.8. The normalized spacial score (nSPS) is 12.6. The van der Waals surface area contributed by atoms with Gasteiger partial charge in [0.15, 0.2) is 11.5 Å². The van der Waals surface area contributed by atoms with Crippen LogP contribution in [-0.4, -0.2) is 17.3 Å². The maximum Gasteiger partial charge on any atom is 0.268 e. The molecule has 24 heavy (non-hydrogen) atoms. The Morgan fingerprint density at radius 2 is 1.96 bits per heavy atom. The van der Waals surface area contributed by atoms with Gasteiger partial charge in [0.25, 0.3) is 5.91 Å². The van der Waals surface area contributed by atoms with Crippen molar-refractivity contribution >= 4 is 16.8 Å². The molecule has 1 N–H and O–H groups in total. The molecule has 4 rings (SSSR count). The summed E-state index contributed by atoms with van der Waals surface area (Å²) < 4.78 is 12.6. The number of nitrogens with one attached hydrogen (secondary N) is 1. The minimum absolute atomic E-state index is 0.0935. The van der Waals surface area contributed by atoms with Crippen LogP contribution < -0.4 is 14.8 Å². The highest BCUT2D eigenvalue weighted by atomic mass is 16.7. The van der Waals surface area contributed by atoms with Gasteiger partial charge in [-0.25, -0.2) is 0 Å². The molecule has 1 aliphatic heterocycles. The zero-order valence-corrected chi connectivity index (χ0v) is 13.6. The van der Waals surface area contributed by atoms with Crippen LogP contribution in [-0.2, 0) is 13.6 Å². The van der Waals surface area contributed by atoms with Crippen LogP contribution in [0.4, 0.5) is 0 Å². The number of rotatable bonds is 3. The number of ether oxygens (including phenoxy) is 2. The molecule has 5 heteroatoms. The van der Waals surface area contributed by atoms with Crippen LogP contribution in [0.3, 0.4) is 0 Å². The second kappa shape index (κ2) is 5.60. The minimum atomic E-state index is -0.0935. The predicted molar refractivity (Wildman–Crippen MR) is 91.4 cm³/mol. The smallest absolute Gasteiger partial charge is 0.268 e. The zero-order chi connectivity index (χ0) is 16.7. The second-order valence-corrected chi connectivity index (χ2v) is 6.02. The number of carbonyl (C=O) groups is 1. The van der Waals surface area contributed by atoms with E-state index in [9.17, 15) is 4.79 Å². The van der Waals surface area contributed by atoms with Crippen molar-refractivity contribution in [2.75, 3.05) is 6.79 Å². The fourth-order valence-electron chi connectivity index (χ4n) is 3.01. The maximum atomic E-state index is 12.5. The lowest BCUT2D eigenvalue weighted by Gasteiger charge is -2.07. The Balaban J connectivity index is 1.53. The molecule has 0 radical (unpaired) electrons. The first-order valence-corrected chi connectivity index (χ1v) is 7.84. The molecule has 0 aliphatic carbocycles. The van der Waals surface area contributed by atoms with Gasteiger partial charge in [0.05, 0.1) is 0 Å². The summed E-state index contributed by atoms with van der Waals surface area (Å²) in [5.74, 6) is 1.37. The third-order valence-corrected chi connectivity index (χ3v) is 4.32. The molecule has 0 saturated heterocycles. The van der Waals surface area contributed by atoms with Crippen molar-refractivity contribution in [1.29, 1.82) is 0 Å². The Morgan fingerprint density at radius 3 is 2.83 bits per heavy atom. The fraction of sp³-hybridized carbons (Fsp3) is 0.211. The monoisotopic (exact) mass is 322 g/mol. The van der Waals surface area contributed by atoms with Crippen LogP contribution in [0.5, 0.6) is 11.5 Å². The van der Waals surface area contributed by atoms with Gasteiger partial charge in [0.1, 0.15) is 5.69 Å². The van der Waals surface area contributed by atoms with E-state index in [1.54, 1.807) is 0 Å². The molecule has 0 spiro atoms. The summed E-state index contributed by atoms with van der Waals surface area (Å²) in [7, 11) is 1.91. The largest absolute Gasteiger partial charge is 0.454 e. The van der Waals surface area contributed by atoms with E-state index < -0.39 is 0 Å². The van der Waals surface area contributed by atoms with Gasteiger partial charge in [-0.2, -0.15) is 0 Å². The topological polar surface area (TPSA) is 52.5 Å². The Labute approximate surface area is 139 Å². The molecule has 2 aromatic carbocycles. The molecule has 0 saturated carbocycles. The molecule has 1 aliphatic rings. The van der Waals surface area contributed by atoms with Gasteiger partial charge in [-0.15, -0.1) is 0 Å². The Morgan fingerprint density at radius 1 is 1.12 bits per heavy atom. The van der Waals surface area contributed by atoms with Crippen molar-refractivity contribution in [3.8, 4) is 11.5 Å². The van der Waals surface area contributed by atoms with Crippen molar-refractivity contribution in [2.24, 2.45) is 7.05 Å². The minimum Gasteiger partial charge on any atom is -0.454 e. The second-order valence-electron chi connectivity index (χ2n) is 6.02. The molecule has 0 atom stereocenters. The van der Waals surface area contributed by atoms with Gasteiger partial charge in [-0.05, 0) is 42.8 Å². The number of carbonyl (C=O) groups excluding carboxylic acids is 1. The summed E-state index contributed by atoms with van der Waals surface area (Å²) >= 11 is 0. The van der Waals surface area contributed by atoms with Crippen LogP contribution in [0.1, 0.15) is 21.6 Å². The number of aromatic nitrogens is 1. The first-order chi connectivity index (χ1) is 11.6. The molecule has 0 unspecified atom stereocenters. The van der Waals surface area contributed by atoms with Gasteiger partial charge in [-0.1, -0.05) is 17.7 Å². The molecule has 1 amide bonds. The lowest BCUT2D eigenvalue weighted by atomic mass is 10.2. The van der Waals surface area contributed by atoms with E-state index in [2.05, 4.69) is 17.4 Å². The summed E-state index contributed by atoms with van der Waals surface area (Å²) in [6.45, 7) is 2.74. The molecule has 5 nitrogen and oxygen atoms in total. The van der Waals surface area contributed by atoms with Gasteiger partial charge in [-0.3, -0.25) is 4.79 Å². The molecular formula is C19H18N2O3. The van der Waals surface area contributed by atoms with E-state index >= 15 is 0 Å². The van der Waals surface area contributed by atoms with Crippen LogP contribution >= 0.6 is 0 Å². The van der Waals surface area contributed by atoms with E-state index in [4.69, 9.17) is 9.47 Å². The first-order valence-electron chi connectivity index (χ1n) is 7.84. The lowest BCUT2D eigenvalue weighted by Crippen LogP contribution is -2.24. The zero-order valence-electron chi connectivity index (χ0n) is 13.6. The van der Waals surface area contributed by atoms with E-state index in [0.717, 1.165) is 28.0 Å². The van der Waals surface area contributed by atoms with Crippen molar-refractivity contribution in [1.82, 2.24) is 9.88 Å². The lowest BCUT2D eigenvalue weighted by molar-refractivity contribution is 0.0943. The van der Waals surface area contributed by atoms with E-state index in [1.807, 2.05) is 48.9 Å². The van der Waals surface area contributed by atoms with E-state index in [0.29, 0.717) is 12.2 Å². The Hall–Kier alpha value is -2.95. The highest BCUT2D eigenvalue weighted by molar-refractivity contribution is 5.98. The van der Waals surface area contributed by atoms with Gasteiger partial charge in [0, 0.05) is 24.5 Å². The Kier molecular flexibility index (Phi) is 3.41. The maximum absolute atomic E-state index is 12.5. The molecule has 2 heterocycles. The number of benzene rings is 2. The van der Waals surface area contributed by atoms with Crippen molar-refractivity contribution < 1.29 is 14.3 Å². The number of hydrogen-bond acceptors (Lipinski definition) is 3. The highest BCUT2D eigenvalue weighted by Crippen LogP contribution is 2.32. The number of amides is 1. The quantitative estimate of drug-likeness (QED) is 0.806. The predicted octanol–water partition coefficient (Wildman–Crippen LogP) is 3.15. The fourth-order valence-corrected chi connectivity index (χ4v) is 3.01. The van der Waals surface area contributed by atoms with Crippen LogP contribution in [0.2, 0.25) is 0 Å². The van der Waals surface area contributed by atoms with Crippen LogP contribution in [0.25, 0.3) is 10.9 Å². The average molecular weight is 322 g/mol. The molecule has 122 valence electrons. The molecular weight excluding hydrogens is 304 g/mol. The van der Waals surface area contributed by atoms with Crippen molar-refractivity contribution in [3.05, 3.63) is 59.3 Å². The van der Waals surface area contributed by atoms with Crippen molar-refractivity contribution in [3.63, 3.8) is 0 Å². The SMILES string of the molecule is Cc1ccc2c(c1)cc(C(=O)NCc1ccc3c(c1)OCO3)n2C. The van der Waals surface area contributed by atoms with Gasteiger partial charge >= 0.3 is 0 Å². The summed E-state index contributed by atoms with van der Waals surface area (Å²) in [4.78, 5) is 12.5. The number of fused-ring (bicyclic) bond motifs is 2. The highest BCUT2D eigenvalue weighted by Gasteiger charge is 2.15. The van der Waals surface area contributed by atoms with E-state index in [1.165, 1.54) is 5.56 Å². The van der Waals surface area contributed by atoms with Crippen LogP contribution in [0.15, 0.2) is 42.5 Å². The van der Waals surface area contributed by atoms with Crippen molar-refractivity contribution in [2.45, 2.75) is 13.5 Å². The summed E-state index contributed by atoms with van der Waals surface area (Å²) in [6.07, 6.45) is 0. The first kappa shape index (κ1) is 14.6. The van der Waals surface area contributed by atoms with Crippen LogP contribution in [0, 0.1) is 6.92 Å². The molecule has 0 bridgehead atoms. The average Bonchev–Trinajstić information content (AvgIpc) is 3.16. The third kappa shape index (κ3) is 2.48. The number of hydrogen-bond donors (Lipinski definition) is 1. The number of nitrogens with zero attached hydrogens (tertiary/aromatic N) is 1. The molecule has 1 aromatic heterocycles.